The van der Waals surface area contributed by atoms with Crippen molar-refractivity contribution >= 4 is 38.6 Å². The number of rotatable bonds is 3. The summed E-state index contributed by atoms with van der Waals surface area (Å²) in [4.78, 5) is 11.2. The SMILES string of the molecule is CC1CCCN(S(=O)(=O)c2ccc(I)c(C(=O)O)c2)C1. The van der Waals surface area contributed by atoms with Crippen LogP contribution in [0.15, 0.2) is 23.1 Å². The van der Waals surface area contributed by atoms with E-state index in [1.165, 1.54) is 22.5 Å². The van der Waals surface area contributed by atoms with E-state index in [1.54, 1.807) is 0 Å². The molecule has 0 saturated carbocycles. The van der Waals surface area contributed by atoms with Gasteiger partial charge in [-0.1, -0.05) is 6.92 Å². The first-order valence-electron chi connectivity index (χ1n) is 6.35. The van der Waals surface area contributed by atoms with Crippen molar-refractivity contribution in [3.05, 3.63) is 27.3 Å². The zero-order chi connectivity index (χ0) is 14.9. The Hall–Kier alpha value is -0.670. The first kappa shape index (κ1) is 15.7. The average Bonchev–Trinajstić information content (AvgIpc) is 2.38. The van der Waals surface area contributed by atoms with Crippen LogP contribution in [-0.2, 0) is 10.0 Å². The largest absolute Gasteiger partial charge is 0.478 e. The lowest BCUT2D eigenvalue weighted by molar-refractivity contribution is 0.0695. The van der Waals surface area contributed by atoms with Crippen LogP contribution in [-0.4, -0.2) is 36.9 Å². The van der Waals surface area contributed by atoms with Crippen molar-refractivity contribution in [3.8, 4) is 0 Å². The van der Waals surface area contributed by atoms with Gasteiger partial charge in [-0.3, -0.25) is 0 Å². The van der Waals surface area contributed by atoms with Crippen LogP contribution >= 0.6 is 22.6 Å². The maximum Gasteiger partial charge on any atom is 0.336 e. The van der Waals surface area contributed by atoms with E-state index in [-0.39, 0.29) is 10.5 Å². The summed E-state index contributed by atoms with van der Waals surface area (Å²) in [5.41, 5.74) is 0.0248. The summed E-state index contributed by atoms with van der Waals surface area (Å²) in [6, 6.07) is 4.26. The Kier molecular flexibility index (Phi) is 4.70. The van der Waals surface area contributed by atoms with E-state index < -0.39 is 16.0 Å². The van der Waals surface area contributed by atoms with Gasteiger partial charge < -0.3 is 5.11 Å². The molecule has 1 N–H and O–H groups in total. The highest BCUT2D eigenvalue weighted by atomic mass is 127. The van der Waals surface area contributed by atoms with Crippen LogP contribution in [0.25, 0.3) is 0 Å². The summed E-state index contributed by atoms with van der Waals surface area (Å²) < 4.78 is 27.1. The lowest BCUT2D eigenvalue weighted by Crippen LogP contribution is -2.39. The van der Waals surface area contributed by atoms with E-state index in [0.717, 1.165) is 12.8 Å². The third kappa shape index (κ3) is 3.15. The molecule has 0 aliphatic carbocycles. The molecule has 0 spiro atoms. The number of piperidine rings is 1. The molecule has 1 aromatic rings. The normalized spacial score (nSPS) is 20.8. The van der Waals surface area contributed by atoms with Gasteiger partial charge in [0.05, 0.1) is 10.5 Å². The summed E-state index contributed by atoms with van der Waals surface area (Å²) in [5.74, 6) is -0.778. The van der Waals surface area contributed by atoms with Crippen LogP contribution in [0.3, 0.4) is 0 Å². The number of aromatic carboxylic acids is 1. The molecule has 5 nitrogen and oxygen atoms in total. The second-order valence-electron chi connectivity index (χ2n) is 5.06. The number of carbonyl (C=O) groups is 1. The number of hydrogen-bond acceptors (Lipinski definition) is 3. The minimum absolute atomic E-state index is 0.0248. The second-order valence-corrected chi connectivity index (χ2v) is 8.16. The number of hydrogen-bond donors (Lipinski definition) is 1. The third-order valence-corrected chi connectivity index (χ3v) is 6.23. The molecule has 20 heavy (non-hydrogen) atoms. The Balaban J connectivity index is 2.39. The van der Waals surface area contributed by atoms with Crippen molar-refractivity contribution in [2.24, 2.45) is 5.92 Å². The predicted octanol–water partition coefficient (Wildman–Crippen LogP) is 2.41. The minimum Gasteiger partial charge on any atom is -0.478 e. The fraction of sp³-hybridized carbons (Fsp3) is 0.462. The molecule has 0 bridgehead atoms. The predicted molar refractivity (Wildman–Crippen MR) is 83.3 cm³/mol. The van der Waals surface area contributed by atoms with Gasteiger partial charge in [0.15, 0.2) is 0 Å². The van der Waals surface area contributed by atoms with Crippen molar-refractivity contribution in [1.29, 1.82) is 0 Å². The fourth-order valence-electron chi connectivity index (χ4n) is 2.34. The van der Waals surface area contributed by atoms with Crippen molar-refractivity contribution in [2.45, 2.75) is 24.7 Å². The van der Waals surface area contributed by atoms with Crippen LogP contribution in [0.5, 0.6) is 0 Å². The monoisotopic (exact) mass is 409 g/mol. The van der Waals surface area contributed by atoms with Gasteiger partial charge >= 0.3 is 5.97 Å². The first-order valence-corrected chi connectivity index (χ1v) is 8.87. The molecule has 2 rings (SSSR count). The first-order chi connectivity index (χ1) is 9.32. The highest BCUT2D eigenvalue weighted by Crippen LogP contribution is 2.25. The molecule has 1 aliphatic heterocycles. The van der Waals surface area contributed by atoms with Gasteiger partial charge in [-0.05, 0) is 59.5 Å². The quantitative estimate of drug-likeness (QED) is 0.779. The maximum atomic E-state index is 12.5. The van der Waals surface area contributed by atoms with Crippen molar-refractivity contribution < 1.29 is 18.3 Å². The minimum atomic E-state index is -3.60. The van der Waals surface area contributed by atoms with E-state index in [1.807, 2.05) is 29.5 Å². The standard InChI is InChI=1S/C13H16INO4S/c1-9-3-2-6-15(8-9)20(18,19)10-4-5-12(14)11(7-10)13(16)17/h4-5,7,9H,2-3,6,8H2,1H3,(H,16,17). The molecule has 1 aromatic carbocycles. The van der Waals surface area contributed by atoms with Crippen LogP contribution in [0.4, 0.5) is 0 Å². The Morgan fingerprint density at radius 3 is 2.75 bits per heavy atom. The van der Waals surface area contributed by atoms with Crippen molar-refractivity contribution in [1.82, 2.24) is 4.31 Å². The van der Waals surface area contributed by atoms with Gasteiger partial charge in [-0.2, -0.15) is 4.31 Å². The Labute approximate surface area is 132 Å². The number of halogens is 1. The Bertz CT molecular complexity index is 629. The van der Waals surface area contributed by atoms with Crippen molar-refractivity contribution in [2.75, 3.05) is 13.1 Å². The number of nitrogens with zero attached hydrogens (tertiary/aromatic N) is 1. The van der Waals surface area contributed by atoms with Gasteiger partial charge in [0.2, 0.25) is 10.0 Å². The van der Waals surface area contributed by atoms with Gasteiger partial charge in [0.1, 0.15) is 0 Å². The van der Waals surface area contributed by atoms with E-state index in [0.29, 0.717) is 22.6 Å². The zero-order valence-electron chi connectivity index (χ0n) is 11.0. The second kappa shape index (κ2) is 5.98. The summed E-state index contributed by atoms with van der Waals surface area (Å²) in [7, 11) is -3.60. The molecule has 1 saturated heterocycles. The molecule has 7 heteroatoms. The molecule has 1 unspecified atom stereocenters. The molecule has 0 aromatic heterocycles. The summed E-state index contributed by atoms with van der Waals surface area (Å²) >= 11 is 1.89. The van der Waals surface area contributed by atoms with E-state index in [4.69, 9.17) is 5.11 Å². The number of benzene rings is 1. The Morgan fingerprint density at radius 2 is 2.15 bits per heavy atom. The van der Waals surface area contributed by atoms with E-state index in [9.17, 15) is 13.2 Å². The lowest BCUT2D eigenvalue weighted by atomic mass is 10.0. The van der Waals surface area contributed by atoms with Crippen molar-refractivity contribution in [3.63, 3.8) is 0 Å². The van der Waals surface area contributed by atoms with Gasteiger partial charge in [-0.25, -0.2) is 13.2 Å². The maximum absolute atomic E-state index is 12.5. The molecule has 1 aliphatic rings. The van der Waals surface area contributed by atoms with Crippen LogP contribution in [0.2, 0.25) is 0 Å². The van der Waals surface area contributed by atoms with E-state index in [2.05, 4.69) is 0 Å². The number of carboxylic acid groups (broad SMARTS) is 1. The summed E-state index contributed by atoms with van der Waals surface area (Å²) in [6.45, 7) is 3.02. The van der Waals surface area contributed by atoms with E-state index >= 15 is 0 Å². The van der Waals surface area contributed by atoms with Gasteiger partial charge in [-0.15, -0.1) is 0 Å². The van der Waals surface area contributed by atoms with Crippen LogP contribution in [0.1, 0.15) is 30.1 Å². The number of carboxylic acids is 1. The number of sulfonamides is 1. The topological polar surface area (TPSA) is 74.7 Å². The Morgan fingerprint density at radius 1 is 1.45 bits per heavy atom. The molecule has 1 atom stereocenters. The van der Waals surface area contributed by atoms with Gasteiger partial charge in [0.25, 0.3) is 0 Å². The molecular formula is C13H16INO4S. The average molecular weight is 409 g/mol. The molecule has 0 radical (unpaired) electrons. The molecule has 1 heterocycles. The highest BCUT2D eigenvalue weighted by molar-refractivity contribution is 14.1. The summed E-state index contributed by atoms with van der Waals surface area (Å²) in [6.07, 6.45) is 1.87. The zero-order valence-corrected chi connectivity index (χ0v) is 14.0. The lowest BCUT2D eigenvalue weighted by Gasteiger charge is -2.30. The highest BCUT2D eigenvalue weighted by Gasteiger charge is 2.29. The van der Waals surface area contributed by atoms with Crippen LogP contribution < -0.4 is 0 Å². The molecule has 0 amide bonds. The van der Waals surface area contributed by atoms with Gasteiger partial charge in [0, 0.05) is 16.7 Å². The smallest absolute Gasteiger partial charge is 0.336 e. The third-order valence-electron chi connectivity index (χ3n) is 3.43. The summed E-state index contributed by atoms with van der Waals surface area (Å²) in [5, 5.41) is 9.09. The molecular weight excluding hydrogens is 393 g/mol. The van der Waals surface area contributed by atoms with Crippen LogP contribution in [0, 0.1) is 9.49 Å². The molecule has 110 valence electrons. The fourth-order valence-corrected chi connectivity index (χ4v) is 4.53. The molecule has 1 fully saturated rings.